The topological polar surface area (TPSA) is 42.3 Å². The number of ether oxygens (including phenoxy) is 2. The van der Waals surface area contributed by atoms with Gasteiger partial charge in [0.05, 0.1) is 19.6 Å². The van der Waals surface area contributed by atoms with Crippen LogP contribution in [0.15, 0.2) is 24.3 Å². The monoisotopic (exact) mass is 191 g/mol. The summed E-state index contributed by atoms with van der Waals surface area (Å²) in [6, 6.07) is 7.83. The molecule has 0 radical (unpaired) electrons. The van der Waals surface area contributed by atoms with Crippen LogP contribution in [0.2, 0.25) is 0 Å². The van der Waals surface area contributed by atoms with Crippen LogP contribution in [0, 0.1) is 5.41 Å². The van der Waals surface area contributed by atoms with Crippen LogP contribution in [0.25, 0.3) is 0 Å². The van der Waals surface area contributed by atoms with Crippen molar-refractivity contribution in [3.8, 4) is 5.75 Å². The third-order valence-corrected chi connectivity index (χ3v) is 2.49. The van der Waals surface area contributed by atoms with Gasteiger partial charge in [-0.2, -0.15) is 0 Å². The lowest BCUT2D eigenvalue weighted by Gasteiger charge is -2.25. The third-order valence-electron chi connectivity index (χ3n) is 2.49. The maximum atomic E-state index is 7.68. The standard InChI is InChI=1S/C11H13NO2/c1-13-11(12)9-6-7-14-10-5-3-2-4-8(9)10/h2-5,9,12H,6-7H2,1H3. The van der Waals surface area contributed by atoms with E-state index in [0.717, 1.165) is 17.7 Å². The smallest absolute Gasteiger partial charge is 0.188 e. The fraction of sp³-hybridized carbons (Fsp3) is 0.364. The Labute approximate surface area is 83.2 Å². The van der Waals surface area contributed by atoms with Gasteiger partial charge in [0, 0.05) is 5.56 Å². The Bertz CT molecular complexity index is 349. The normalized spacial score (nSPS) is 19.4. The van der Waals surface area contributed by atoms with Crippen molar-refractivity contribution >= 4 is 5.90 Å². The SMILES string of the molecule is COC(=N)C1CCOc2ccccc21. The Morgan fingerprint density at radius 2 is 2.29 bits per heavy atom. The minimum Gasteiger partial charge on any atom is -0.493 e. The van der Waals surface area contributed by atoms with E-state index in [1.165, 1.54) is 0 Å². The number of benzene rings is 1. The molecule has 2 rings (SSSR count). The first-order valence-corrected chi connectivity index (χ1v) is 4.67. The average molecular weight is 191 g/mol. The largest absolute Gasteiger partial charge is 0.493 e. The average Bonchev–Trinajstić information content (AvgIpc) is 2.27. The van der Waals surface area contributed by atoms with Gasteiger partial charge < -0.3 is 9.47 Å². The van der Waals surface area contributed by atoms with Crippen LogP contribution in [0.1, 0.15) is 17.9 Å². The summed E-state index contributed by atoms with van der Waals surface area (Å²) in [6.45, 7) is 0.660. The van der Waals surface area contributed by atoms with Crippen molar-refractivity contribution < 1.29 is 9.47 Å². The number of fused-ring (bicyclic) bond motifs is 1. The first kappa shape index (κ1) is 9.06. The number of nitrogens with one attached hydrogen (secondary N) is 1. The molecule has 1 N–H and O–H groups in total. The van der Waals surface area contributed by atoms with E-state index < -0.39 is 0 Å². The zero-order chi connectivity index (χ0) is 9.97. The van der Waals surface area contributed by atoms with Gasteiger partial charge in [0.2, 0.25) is 0 Å². The summed E-state index contributed by atoms with van der Waals surface area (Å²) in [5, 5.41) is 7.68. The van der Waals surface area contributed by atoms with E-state index in [1.807, 2.05) is 24.3 Å². The molecule has 1 aliphatic rings. The van der Waals surface area contributed by atoms with Gasteiger partial charge in [0.25, 0.3) is 0 Å². The van der Waals surface area contributed by atoms with Crippen molar-refractivity contribution in [2.45, 2.75) is 12.3 Å². The molecule has 0 aromatic heterocycles. The molecule has 74 valence electrons. The number of rotatable bonds is 1. The van der Waals surface area contributed by atoms with E-state index >= 15 is 0 Å². The summed E-state index contributed by atoms with van der Waals surface area (Å²) >= 11 is 0. The van der Waals surface area contributed by atoms with Crippen LogP contribution in [-0.4, -0.2) is 19.6 Å². The molecule has 0 amide bonds. The molecule has 0 aliphatic carbocycles. The van der Waals surface area contributed by atoms with Crippen LogP contribution in [-0.2, 0) is 4.74 Å². The number of para-hydroxylation sites is 1. The zero-order valence-corrected chi connectivity index (χ0v) is 8.12. The van der Waals surface area contributed by atoms with Crippen molar-refractivity contribution in [3.63, 3.8) is 0 Å². The number of hydrogen-bond acceptors (Lipinski definition) is 3. The molecule has 1 atom stereocenters. The molecule has 1 unspecified atom stereocenters. The van der Waals surface area contributed by atoms with Crippen molar-refractivity contribution in [1.29, 1.82) is 5.41 Å². The van der Waals surface area contributed by atoms with Gasteiger partial charge in [-0.05, 0) is 12.5 Å². The highest BCUT2D eigenvalue weighted by molar-refractivity contribution is 5.81. The molecular weight excluding hydrogens is 178 g/mol. The Kier molecular flexibility index (Phi) is 2.39. The second-order valence-corrected chi connectivity index (χ2v) is 3.30. The molecule has 3 heteroatoms. The lowest BCUT2D eigenvalue weighted by Crippen LogP contribution is -2.21. The lowest BCUT2D eigenvalue weighted by molar-refractivity contribution is 0.269. The second kappa shape index (κ2) is 3.70. The highest BCUT2D eigenvalue weighted by Gasteiger charge is 2.25. The fourth-order valence-electron chi connectivity index (χ4n) is 1.76. The van der Waals surface area contributed by atoms with Crippen LogP contribution < -0.4 is 4.74 Å². The molecule has 0 saturated heterocycles. The summed E-state index contributed by atoms with van der Waals surface area (Å²) in [5.74, 6) is 1.26. The molecular formula is C11H13NO2. The van der Waals surface area contributed by atoms with Crippen molar-refractivity contribution in [1.82, 2.24) is 0 Å². The molecule has 0 spiro atoms. The Morgan fingerprint density at radius 1 is 1.50 bits per heavy atom. The fourth-order valence-corrected chi connectivity index (χ4v) is 1.76. The van der Waals surface area contributed by atoms with Gasteiger partial charge in [-0.15, -0.1) is 0 Å². The molecule has 3 nitrogen and oxygen atoms in total. The summed E-state index contributed by atoms with van der Waals surface area (Å²) in [7, 11) is 1.54. The predicted octanol–water partition coefficient (Wildman–Crippen LogP) is 2.18. The minimum atomic E-state index is 0.0601. The number of hydrogen-bond donors (Lipinski definition) is 1. The van der Waals surface area contributed by atoms with E-state index in [0.29, 0.717) is 12.5 Å². The maximum absolute atomic E-state index is 7.68. The summed E-state index contributed by atoms with van der Waals surface area (Å²) in [6.07, 6.45) is 0.823. The molecule has 14 heavy (non-hydrogen) atoms. The number of methoxy groups -OCH3 is 1. The summed E-state index contributed by atoms with van der Waals surface area (Å²) in [4.78, 5) is 0. The van der Waals surface area contributed by atoms with Crippen LogP contribution in [0.4, 0.5) is 0 Å². The van der Waals surface area contributed by atoms with Gasteiger partial charge in [-0.3, -0.25) is 5.41 Å². The van der Waals surface area contributed by atoms with E-state index in [2.05, 4.69) is 0 Å². The van der Waals surface area contributed by atoms with Crippen molar-refractivity contribution in [2.24, 2.45) is 0 Å². The zero-order valence-electron chi connectivity index (χ0n) is 8.12. The highest BCUT2D eigenvalue weighted by Crippen LogP contribution is 2.33. The van der Waals surface area contributed by atoms with Crippen molar-refractivity contribution in [3.05, 3.63) is 29.8 Å². The first-order valence-electron chi connectivity index (χ1n) is 4.67. The highest BCUT2D eigenvalue weighted by atomic mass is 16.5. The molecule has 1 aromatic rings. The lowest BCUT2D eigenvalue weighted by atomic mass is 9.93. The van der Waals surface area contributed by atoms with Gasteiger partial charge in [-0.25, -0.2) is 0 Å². The van der Waals surface area contributed by atoms with E-state index in [1.54, 1.807) is 7.11 Å². The van der Waals surface area contributed by atoms with Crippen LogP contribution in [0.3, 0.4) is 0 Å². The van der Waals surface area contributed by atoms with E-state index in [4.69, 9.17) is 14.9 Å². The Balaban J connectivity index is 2.35. The van der Waals surface area contributed by atoms with Gasteiger partial charge in [-0.1, -0.05) is 18.2 Å². The Hall–Kier alpha value is -1.51. The molecule has 1 aliphatic heterocycles. The van der Waals surface area contributed by atoms with Gasteiger partial charge in [0.1, 0.15) is 5.75 Å². The van der Waals surface area contributed by atoms with Crippen LogP contribution >= 0.6 is 0 Å². The first-order chi connectivity index (χ1) is 6.83. The maximum Gasteiger partial charge on any atom is 0.188 e. The second-order valence-electron chi connectivity index (χ2n) is 3.30. The molecule has 0 fully saturated rings. The molecule has 0 saturated carbocycles. The quantitative estimate of drug-likeness (QED) is 0.546. The van der Waals surface area contributed by atoms with E-state index in [-0.39, 0.29) is 5.92 Å². The summed E-state index contributed by atoms with van der Waals surface area (Å²) in [5.41, 5.74) is 1.06. The van der Waals surface area contributed by atoms with Crippen molar-refractivity contribution in [2.75, 3.05) is 13.7 Å². The van der Waals surface area contributed by atoms with Crippen LogP contribution in [0.5, 0.6) is 5.75 Å². The minimum absolute atomic E-state index is 0.0601. The Morgan fingerprint density at radius 3 is 3.07 bits per heavy atom. The molecule has 1 heterocycles. The third kappa shape index (κ3) is 1.45. The molecule has 1 aromatic carbocycles. The van der Waals surface area contributed by atoms with E-state index in [9.17, 15) is 0 Å². The summed E-state index contributed by atoms with van der Waals surface area (Å²) < 4.78 is 10.5. The van der Waals surface area contributed by atoms with Gasteiger partial charge >= 0.3 is 0 Å². The predicted molar refractivity (Wildman–Crippen MR) is 54.0 cm³/mol. The molecule has 0 bridgehead atoms. The van der Waals surface area contributed by atoms with Gasteiger partial charge in [0.15, 0.2) is 5.90 Å².